The first-order chi connectivity index (χ1) is 17.4. The minimum Gasteiger partial charge on any atom is -0.489 e. The summed E-state index contributed by atoms with van der Waals surface area (Å²) in [6, 6.07) is 7.08. The molecule has 186 valence electrons. The number of aryl methyl sites for hydroxylation is 1. The number of aromatic amines is 1. The fourth-order valence-electron chi connectivity index (χ4n) is 4.80. The van der Waals surface area contributed by atoms with Crippen LogP contribution in [0.4, 0.5) is 0 Å². The van der Waals surface area contributed by atoms with Crippen LogP contribution in [-0.4, -0.2) is 82.3 Å². The summed E-state index contributed by atoms with van der Waals surface area (Å²) in [5.74, 6) is 0.704. The van der Waals surface area contributed by atoms with Crippen LogP contribution in [0, 0.1) is 12.3 Å². The summed E-state index contributed by atoms with van der Waals surface area (Å²) in [6.45, 7) is 3.32. The molecule has 0 aliphatic carbocycles. The number of hydrogen-bond donors (Lipinski definition) is 2. The van der Waals surface area contributed by atoms with E-state index in [1.54, 1.807) is 41.2 Å². The molecule has 5 rings (SSSR count). The van der Waals surface area contributed by atoms with Gasteiger partial charge in [0.2, 0.25) is 5.91 Å². The van der Waals surface area contributed by atoms with Crippen LogP contribution in [0.25, 0.3) is 11.0 Å². The van der Waals surface area contributed by atoms with Gasteiger partial charge in [0.15, 0.2) is 0 Å². The van der Waals surface area contributed by atoms with E-state index in [-0.39, 0.29) is 37.4 Å². The zero-order valence-electron chi connectivity index (χ0n) is 20.3. The van der Waals surface area contributed by atoms with Crippen molar-refractivity contribution < 1.29 is 19.1 Å². The Hall–Kier alpha value is -4.21. The first kappa shape index (κ1) is 23.5. The molecule has 0 radical (unpaired) electrons. The van der Waals surface area contributed by atoms with Crippen LogP contribution in [0.3, 0.4) is 0 Å². The largest absolute Gasteiger partial charge is 0.489 e. The second-order valence-electron chi connectivity index (χ2n) is 9.31. The molecule has 10 nitrogen and oxygen atoms in total. The Morgan fingerprint density at radius 1 is 1.14 bits per heavy atom. The minimum absolute atomic E-state index is 0.0595. The van der Waals surface area contributed by atoms with Crippen molar-refractivity contribution in [1.82, 2.24) is 30.1 Å². The number of nitrogens with one attached hydrogen (secondary N) is 2. The molecule has 1 aromatic carbocycles. The number of amides is 3. The van der Waals surface area contributed by atoms with Gasteiger partial charge in [0.05, 0.1) is 28.3 Å². The quantitative estimate of drug-likeness (QED) is 0.505. The highest BCUT2D eigenvalue weighted by atomic mass is 16.5. The van der Waals surface area contributed by atoms with Crippen LogP contribution >= 0.6 is 0 Å². The van der Waals surface area contributed by atoms with E-state index in [0.29, 0.717) is 53.2 Å². The Morgan fingerprint density at radius 2 is 1.94 bits per heavy atom. The molecule has 36 heavy (non-hydrogen) atoms. The lowest BCUT2D eigenvalue weighted by Gasteiger charge is -2.50. The monoisotopic (exact) mass is 488 g/mol. The van der Waals surface area contributed by atoms with Gasteiger partial charge in [-0.2, -0.15) is 0 Å². The van der Waals surface area contributed by atoms with Crippen molar-refractivity contribution in [1.29, 1.82) is 0 Å². The molecule has 2 aromatic heterocycles. The summed E-state index contributed by atoms with van der Waals surface area (Å²) in [5, 5.41) is 2.86. The average molecular weight is 489 g/mol. The molecule has 0 unspecified atom stereocenters. The van der Waals surface area contributed by atoms with Gasteiger partial charge in [0.25, 0.3) is 11.8 Å². The number of likely N-dealkylation sites (N-methyl/N-ethyl adjacent to an activating group) is 1. The summed E-state index contributed by atoms with van der Waals surface area (Å²) in [7, 11) is 1.73. The van der Waals surface area contributed by atoms with Gasteiger partial charge in [-0.1, -0.05) is 24.3 Å². The molecular weight excluding hydrogens is 460 g/mol. The zero-order chi connectivity index (χ0) is 25.3. The fraction of sp³-hybridized carbons (Fsp3) is 0.346. The lowest BCUT2D eigenvalue weighted by atomic mass is 9.75. The van der Waals surface area contributed by atoms with E-state index < -0.39 is 5.41 Å². The second kappa shape index (κ2) is 9.44. The number of aromatic nitrogens is 3. The van der Waals surface area contributed by atoms with Crippen LogP contribution in [0.1, 0.15) is 33.0 Å². The van der Waals surface area contributed by atoms with Crippen molar-refractivity contribution in [2.75, 3.05) is 39.8 Å². The molecule has 1 saturated heterocycles. The molecule has 10 heteroatoms. The van der Waals surface area contributed by atoms with Gasteiger partial charge in [-0.25, -0.2) is 4.98 Å². The highest BCUT2D eigenvalue weighted by Gasteiger charge is 2.51. The maximum absolute atomic E-state index is 13.5. The number of allylic oxidation sites excluding steroid dienone is 1. The SMILES string of the molecule is Cc1nc2c(C(=O)N3CC4(C/C=C/COc5ccccc5C(=O)NCCN(C)C4=O)C3)cncc2[nH]1. The molecule has 3 amide bonds. The first-order valence-corrected chi connectivity index (χ1v) is 11.9. The second-order valence-corrected chi connectivity index (χ2v) is 9.31. The number of ether oxygens (including phenoxy) is 1. The Labute approximate surface area is 208 Å². The normalized spacial score (nSPS) is 19.2. The van der Waals surface area contributed by atoms with Crippen LogP contribution < -0.4 is 10.1 Å². The maximum Gasteiger partial charge on any atom is 0.257 e. The van der Waals surface area contributed by atoms with E-state index in [1.165, 1.54) is 6.20 Å². The number of para-hydroxylation sites is 1. The molecule has 3 aromatic rings. The van der Waals surface area contributed by atoms with Crippen LogP contribution in [0.15, 0.2) is 48.8 Å². The summed E-state index contributed by atoms with van der Waals surface area (Å²) in [6.07, 6.45) is 7.40. The maximum atomic E-state index is 13.5. The number of carbonyl (C=O) groups is 3. The molecule has 1 spiro atoms. The number of fused-ring (bicyclic) bond motifs is 2. The molecule has 2 aliphatic rings. The number of benzene rings is 1. The highest BCUT2D eigenvalue weighted by Crippen LogP contribution is 2.38. The Morgan fingerprint density at radius 3 is 2.78 bits per heavy atom. The number of nitrogens with zero attached hydrogens (tertiary/aromatic N) is 4. The molecule has 0 bridgehead atoms. The van der Waals surface area contributed by atoms with Gasteiger partial charge < -0.3 is 24.8 Å². The van der Waals surface area contributed by atoms with Crippen molar-refractivity contribution in [3.63, 3.8) is 0 Å². The van der Waals surface area contributed by atoms with Crippen molar-refractivity contribution >= 4 is 28.8 Å². The first-order valence-electron chi connectivity index (χ1n) is 11.9. The molecule has 4 heterocycles. The lowest BCUT2D eigenvalue weighted by molar-refractivity contribution is -0.149. The fourth-order valence-corrected chi connectivity index (χ4v) is 4.80. The number of H-pyrrole nitrogens is 1. The standard InChI is InChI=1S/C26H28N6O4/c1-17-29-20-14-27-13-19(22(20)30-17)24(34)32-15-26(16-32)9-5-6-12-36-21-8-4-3-7-18(21)23(33)28-10-11-31(2)25(26)35/h3-8,13-14H,9-12,15-16H2,1-2H3,(H,28,33)(H,29,30)/b6-5+. The third kappa shape index (κ3) is 4.30. The van der Waals surface area contributed by atoms with E-state index in [4.69, 9.17) is 4.74 Å². The van der Waals surface area contributed by atoms with Gasteiger partial charge in [-0.15, -0.1) is 0 Å². The van der Waals surface area contributed by atoms with E-state index in [1.807, 2.05) is 25.1 Å². The number of likely N-dealkylation sites (tertiary alicyclic amines) is 1. The summed E-state index contributed by atoms with van der Waals surface area (Å²) in [4.78, 5) is 54.4. The number of pyridine rings is 1. The van der Waals surface area contributed by atoms with Gasteiger partial charge in [0.1, 0.15) is 23.7 Å². The van der Waals surface area contributed by atoms with Crippen molar-refractivity contribution in [2.24, 2.45) is 5.41 Å². The van der Waals surface area contributed by atoms with Gasteiger partial charge >= 0.3 is 0 Å². The molecule has 1 fully saturated rings. The van der Waals surface area contributed by atoms with Crippen LogP contribution in [-0.2, 0) is 4.79 Å². The Kier molecular flexibility index (Phi) is 6.17. The predicted molar refractivity (Wildman–Crippen MR) is 133 cm³/mol. The summed E-state index contributed by atoms with van der Waals surface area (Å²) < 4.78 is 5.81. The molecule has 2 aliphatic heterocycles. The van der Waals surface area contributed by atoms with Crippen LogP contribution in [0.2, 0.25) is 0 Å². The number of carbonyl (C=O) groups excluding carboxylic acids is 3. The molecular formula is C26H28N6O4. The number of hydrogen-bond acceptors (Lipinski definition) is 6. The van der Waals surface area contributed by atoms with Crippen molar-refractivity contribution in [2.45, 2.75) is 13.3 Å². The van der Waals surface area contributed by atoms with Gasteiger partial charge in [-0.05, 0) is 25.5 Å². The molecule has 0 atom stereocenters. The third-order valence-electron chi connectivity index (χ3n) is 6.69. The zero-order valence-corrected chi connectivity index (χ0v) is 20.3. The van der Waals surface area contributed by atoms with E-state index in [9.17, 15) is 14.4 Å². The van der Waals surface area contributed by atoms with Crippen LogP contribution in [0.5, 0.6) is 5.75 Å². The van der Waals surface area contributed by atoms with Gasteiger partial charge in [-0.3, -0.25) is 19.4 Å². The predicted octanol–water partition coefficient (Wildman–Crippen LogP) is 1.94. The average Bonchev–Trinajstić information content (AvgIpc) is 3.24. The number of imidazole rings is 1. The summed E-state index contributed by atoms with van der Waals surface area (Å²) in [5.41, 5.74) is 1.41. The van der Waals surface area contributed by atoms with E-state index >= 15 is 0 Å². The topological polar surface area (TPSA) is 121 Å². The molecule has 0 saturated carbocycles. The van der Waals surface area contributed by atoms with Crippen molar-refractivity contribution in [3.8, 4) is 5.75 Å². The van der Waals surface area contributed by atoms with E-state index in [2.05, 4.69) is 20.3 Å². The van der Waals surface area contributed by atoms with E-state index in [0.717, 1.165) is 0 Å². The van der Waals surface area contributed by atoms with Gasteiger partial charge in [0, 0.05) is 39.4 Å². The smallest absolute Gasteiger partial charge is 0.257 e. The highest BCUT2D eigenvalue weighted by molar-refractivity contribution is 6.05. The molecule has 2 N–H and O–H groups in total. The Bertz CT molecular complexity index is 1360. The summed E-state index contributed by atoms with van der Waals surface area (Å²) >= 11 is 0. The minimum atomic E-state index is -0.740. The lowest BCUT2D eigenvalue weighted by Crippen LogP contribution is -2.64. The number of rotatable bonds is 1. The Balaban J connectivity index is 1.35. The third-order valence-corrected chi connectivity index (χ3v) is 6.69. The van der Waals surface area contributed by atoms with Crippen molar-refractivity contribution in [3.05, 3.63) is 65.8 Å².